The van der Waals surface area contributed by atoms with Gasteiger partial charge in [0.2, 0.25) is 0 Å². The van der Waals surface area contributed by atoms with Gasteiger partial charge in [0, 0.05) is 6.54 Å². The van der Waals surface area contributed by atoms with E-state index in [2.05, 4.69) is 11.8 Å². The summed E-state index contributed by atoms with van der Waals surface area (Å²) in [6.07, 6.45) is 11.6. The quantitative estimate of drug-likeness (QED) is 0.448. The zero-order valence-electron chi connectivity index (χ0n) is 13.5. The third-order valence-corrected chi connectivity index (χ3v) is 4.20. The molecule has 3 nitrogen and oxygen atoms in total. The van der Waals surface area contributed by atoms with Crippen molar-refractivity contribution in [1.82, 2.24) is 4.90 Å². The lowest BCUT2D eigenvalue weighted by Crippen LogP contribution is -2.39. The molecule has 0 amide bonds. The van der Waals surface area contributed by atoms with E-state index in [1.807, 2.05) is 6.92 Å². The van der Waals surface area contributed by atoms with Gasteiger partial charge < -0.3 is 9.64 Å². The average Bonchev–Trinajstić information content (AvgIpc) is 2.47. The van der Waals surface area contributed by atoms with Crippen molar-refractivity contribution in [3.63, 3.8) is 0 Å². The number of hydrogen-bond acceptors (Lipinski definition) is 3. The molecule has 0 unspecified atom stereocenters. The Balaban J connectivity index is 2.07. The molecule has 0 bridgehead atoms. The third-order valence-electron chi connectivity index (χ3n) is 4.20. The Kier molecular flexibility index (Phi) is 9.73. The number of unbranched alkanes of at least 4 members (excludes halogenated alkanes) is 6. The van der Waals surface area contributed by atoms with Gasteiger partial charge >= 0.3 is 5.97 Å². The second kappa shape index (κ2) is 11.1. The Morgan fingerprint density at radius 3 is 2.50 bits per heavy atom. The van der Waals surface area contributed by atoms with Gasteiger partial charge in [0.1, 0.15) is 0 Å². The first kappa shape index (κ1) is 17.5. The molecule has 0 N–H and O–H groups in total. The van der Waals surface area contributed by atoms with Crippen LogP contribution in [0.5, 0.6) is 0 Å². The van der Waals surface area contributed by atoms with Gasteiger partial charge in [0.15, 0.2) is 0 Å². The minimum Gasteiger partial charge on any atom is -0.466 e. The van der Waals surface area contributed by atoms with E-state index in [4.69, 9.17) is 4.74 Å². The van der Waals surface area contributed by atoms with E-state index in [-0.39, 0.29) is 11.9 Å². The van der Waals surface area contributed by atoms with Crippen molar-refractivity contribution in [2.45, 2.75) is 71.6 Å². The lowest BCUT2D eigenvalue weighted by atomic mass is 9.98. The summed E-state index contributed by atoms with van der Waals surface area (Å²) in [7, 11) is 0. The van der Waals surface area contributed by atoms with Crippen LogP contribution >= 0.6 is 0 Å². The van der Waals surface area contributed by atoms with E-state index in [1.165, 1.54) is 44.9 Å². The highest BCUT2D eigenvalue weighted by atomic mass is 16.5. The van der Waals surface area contributed by atoms with Gasteiger partial charge in [-0.3, -0.25) is 4.79 Å². The van der Waals surface area contributed by atoms with E-state index < -0.39 is 0 Å². The fraction of sp³-hybridized carbons (Fsp3) is 0.941. The monoisotopic (exact) mass is 283 g/mol. The molecule has 0 saturated carbocycles. The zero-order valence-corrected chi connectivity index (χ0v) is 13.5. The van der Waals surface area contributed by atoms with Crippen LogP contribution in [0.15, 0.2) is 0 Å². The van der Waals surface area contributed by atoms with Crippen molar-refractivity contribution in [1.29, 1.82) is 0 Å². The molecule has 0 spiro atoms. The third kappa shape index (κ3) is 7.28. The molecule has 1 aliphatic heterocycles. The molecule has 3 heteroatoms. The van der Waals surface area contributed by atoms with Gasteiger partial charge in [-0.2, -0.15) is 0 Å². The van der Waals surface area contributed by atoms with Crippen LogP contribution < -0.4 is 0 Å². The fourth-order valence-corrected chi connectivity index (χ4v) is 3.00. The molecular weight excluding hydrogens is 250 g/mol. The lowest BCUT2D eigenvalue weighted by Gasteiger charge is -2.31. The van der Waals surface area contributed by atoms with Crippen molar-refractivity contribution in [2.24, 2.45) is 5.92 Å². The summed E-state index contributed by atoms with van der Waals surface area (Å²) in [5, 5.41) is 0. The molecule has 0 radical (unpaired) electrons. The summed E-state index contributed by atoms with van der Waals surface area (Å²) in [4.78, 5) is 14.2. The first-order chi connectivity index (χ1) is 9.77. The van der Waals surface area contributed by atoms with E-state index in [0.29, 0.717) is 6.61 Å². The van der Waals surface area contributed by atoms with Crippen molar-refractivity contribution in [3.05, 3.63) is 0 Å². The molecule has 0 aromatic carbocycles. The number of esters is 1. The zero-order chi connectivity index (χ0) is 14.6. The first-order valence-corrected chi connectivity index (χ1v) is 8.66. The molecule has 0 aromatic rings. The summed E-state index contributed by atoms with van der Waals surface area (Å²) >= 11 is 0. The maximum Gasteiger partial charge on any atom is 0.310 e. The lowest BCUT2D eigenvalue weighted by molar-refractivity contribution is -0.149. The van der Waals surface area contributed by atoms with E-state index >= 15 is 0 Å². The Bertz CT molecular complexity index is 255. The summed E-state index contributed by atoms with van der Waals surface area (Å²) < 4.78 is 5.14. The molecule has 1 aliphatic rings. The number of rotatable bonds is 10. The second-order valence-corrected chi connectivity index (χ2v) is 6.01. The number of nitrogens with zero attached hydrogens (tertiary/aromatic N) is 1. The summed E-state index contributed by atoms with van der Waals surface area (Å²) in [5.74, 6) is 0.130. The Hall–Kier alpha value is -0.570. The molecule has 1 saturated heterocycles. The van der Waals surface area contributed by atoms with Crippen LogP contribution in [0.2, 0.25) is 0 Å². The summed E-state index contributed by atoms with van der Waals surface area (Å²) in [5.41, 5.74) is 0. The number of hydrogen-bond donors (Lipinski definition) is 0. The molecule has 0 aliphatic carbocycles. The van der Waals surface area contributed by atoms with Crippen LogP contribution in [0.4, 0.5) is 0 Å². The summed E-state index contributed by atoms with van der Waals surface area (Å²) in [6.45, 7) is 7.88. The minimum atomic E-state index is 0.0109. The minimum absolute atomic E-state index is 0.0109. The molecule has 0 aromatic heterocycles. The summed E-state index contributed by atoms with van der Waals surface area (Å²) in [6, 6.07) is 0. The fourth-order valence-electron chi connectivity index (χ4n) is 3.00. The number of carbonyl (C=O) groups excluding carboxylic acids is 1. The SMILES string of the molecule is CCCCCCCCCN1CCC[C@H](C(=O)OCC)C1. The maximum atomic E-state index is 11.8. The van der Waals surface area contributed by atoms with Gasteiger partial charge in [-0.25, -0.2) is 0 Å². The van der Waals surface area contributed by atoms with E-state index in [9.17, 15) is 4.79 Å². The standard InChI is InChI=1S/C17H33NO2/c1-3-5-6-7-8-9-10-13-18-14-11-12-16(15-18)17(19)20-4-2/h16H,3-15H2,1-2H3/t16-/m0/s1. The highest BCUT2D eigenvalue weighted by molar-refractivity contribution is 5.72. The predicted octanol–water partition coefficient (Wildman–Crippen LogP) is 4.01. The predicted molar refractivity (Wildman–Crippen MR) is 83.8 cm³/mol. The highest BCUT2D eigenvalue weighted by Gasteiger charge is 2.26. The van der Waals surface area contributed by atoms with Gasteiger partial charge in [-0.1, -0.05) is 45.4 Å². The van der Waals surface area contributed by atoms with Crippen LogP contribution in [0, 0.1) is 5.92 Å². The normalized spacial score (nSPS) is 20.0. The highest BCUT2D eigenvalue weighted by Crippen LogP contribution is 2.18. The Morgan fingerprint density at radius 1 is 1.10 bits per heavy atom. The van der Waals surface area contributed by atoms with Gasteiger partial charge in [0.25, 0.3) is 0 Å². The van der Waals surface area contributed by atoms with Crippen molar-refractivity contribution >= 4 is 5.97 Å². The average molecular weight is 283 g/mol. The molecule has 20 heavy (non-hydrogen) atoms. The number of likely N-dealkylation sites (tertiary alicyclic amines) is 1. The molecule has 1 rings (SSSR count). The second-order valence-electron chi connectivity index (χ2n) is 6.01. The van der Waals surface area contributed by atoms with Gasteiger partial charge in [-0.05, 0) is 39.3 Å². The molecule has 1 fully saturated rings. The van der Waals surface area contributed by atoms with E-state index in [1.54, 1.807) is 0 Å². The maximum absolute atomic E-state index is 11.8. The van der Waals surface area contributed by atoms with Crippen LogP contribution in [0.3, 0.4) is 0 Å². The van der Waals surface area contributed by atoms with E-state index in [0.717, 1.165) is 32.5 Å². The van der Waals surface area contributed by atoms with Crippen LogP contribution in [-0.4, -0.2) is 37.1 Å². The largest absolute Gasteiger partial charge is 0.466 e. The molecule has 1 heterocycles. The van der Waals surface area contributed by atoms with Crippen molar-refractivity contribution < 1.29 is 9.53 Å². The van der Waals surface area contributed by atoms with Crippen molar-refractivity contribution in [2.75, 3.05) is 26.2 Å². The van der Waals surface area contributed by atoms with Gasteiger partial charge in [0.05, 0.1) is 12.5 Å². The number of piperidine rings is 1. The molecule has 118 valence electrons. The molecule has 1 atom stereocenters. The first-order valence-electron chi connectivity index (χ1n) is 8.66. The van der Waals surface area contributed by atoms with Gasteiger partial charge in [-0.15, -0.1) is 0 Å². The number of carbonyl (C=O) groups is 1. The molecular formula is C17H33NO2. The Morgan fingerprint density at radius 2 is 1.80 bits per heavy atom. The van der Waals surface area contributed by atoms with Crippen LogP contribution in [0.25, 0.3) is 0 Å². The van der Waals surface area contributed by atoms with Crippen LogP contribution in [0.1, 0.15) is 71.6 Å². The van der Waals surface area contributed by atoms with Crippen molar-refractivity contribution in [3.8, 4) is 0 Å². The van der Waals surface area contributed by atoms with Crippen LogP contribution in [-0.2, 0) is 9.53 Å². The Labute approximate surface area is 125 Å². The topological polar surface area (TPSA) is 29.5 Å². The number of ether oxygens (including phenoxy) is 1. The smallest absolute Gasteiger partial charge is 0.310 e.